The Morgan fingerprint density at radius 1 is 0.812 bits per heavy atom. The highest BCUT2D eigenvalue weighted by Gasteiger charge is 2.53. The fourth-order valence-electron chi connectivity index (χ4n) is 4.49. The van der Waals surface area contributed by atoms with E-state index < -0.39 is 25.3 Å². The van der Waals surface area contributed by atoms with Gasteiger partial charge < -0.3 is 18.9 Å². The second kappa shape index (κ2) is 10.1. The first-order chi connectivity index (χ1) is 15.5. The lowest BCUT2D eigenvalue weighted by Crippen LogP contribution is -2.47. The molecule has 2 unspecified atom stereocenters. The molecule has 1 aliphatic rings. The zero-order valence-electron chi connectivity index (χ0n) is 18.7. The summed E-state index contributed by atoms with van der Waals surface area (Å²) in [5, 5.41) is -1.46. The van der Waals surface area contributed by atoms with Crippen molar-refractivity contribution >= 4 is 20.0 Å². The first-order valence-corrected chi connectivity index (χ1v) is 11.2. The Morgan fingerprint density at radius 2 is 1.28 bits per heavy atom. The van der Waals surface area contributed by atoms with Crippen LogP contribution in [0.4, 0.5) is 0 Å². The number of ether oxygens (including phenoxy) is 4. The Balaban J connectivity index is 2.17. The molecule has 0 aromatic heterocycles. The molecule has 0 saturated heterocycles. The molecule has 2 atom stereocenters. The molecule has 0 bridgehead atoms. The van der Waals surface area contributed by atoms with Crippen molar-refractivity contribution in [2.45, 2.75) is 30.8 Å². The molecule has 1 aliphatic carbocycles. The van der Waals surface area contributed by atoms with Crippen molar-refractivity contribution in [3.63, 3.8) is 0 Å². The molecule has 170 valence electrons. The van der Waals surface area contributed by atoms with Crippen molar-refractivity contribution < 1.29 is 33.1 Å². The molecule has 8 heteroatoms. The van der Waals surface area contributed by atoms with Gasteiger partial charge >= 0.3 is 0 Å². The van der Waals surface area contributed by atoms with E-state index in [4.69, 9.17) is 18.9 Å². The Labute approximate surface area is 189 Å². The fraction of sp³-hybridized carbons (Fsp3) is 0.417. The van der Waals surface area contributed by atoms with Gasteiger partial charge in [-0.3, -0.25) is 14.2 Å². The average molecular weight is 458 g/mol. The van der Waals surface area contributed by atoms with Crippen molar-refractivity contribution in [1.82, 2.24) is 0 Å². The number of Topliss-reactive ketones (excluding diaryl/α,β-unsaturated/α-hetero) is 2. The lowest BCUT2D eigenvalue weighted by molar-refractivity contribution is 0.0739. The second-order valence-electron chi connectivity index (χ2n) is 7.58. The summed E-state index contributed by atoms with van der Waals surface area (Å²) in [5.74, 6) is -0.284. The summed E-state index contributed by atoms with van der Waals surface area (Å²) in [5.41, 5.74) is 0.435. The van der Waals surface area contributed by atoms with E-state index in [0.717, 1.165) is 6.42 Å². The maximum absolute atomic E-state index is 14.0. The predicted octanol–water partition coefficient (Wildman–Crippen LogP) is 5.01. The highest BCUT2D eigenvalue weighted by Crippen LogP contribution is 2.50. The summed E-state index contributed by atoms with van der Waals surface area (Å²) in [6.07, 6.45) is 2.12. The van der Waals surface area contributed by atoms with E-state index in [1.165, 1.54) is 28.4 Å². The highest BCUT2D eigenvalue weighted by atomic mass is 31.1. The van der Waals surface area contributed by atoms with Crippen LogP contribution in [0, 0.1) is 5.92 Å². The molecule has 0 spiro atoms. The molecule has 3 rings (SSSR count). The Kier molecular flexibility index (Phi) is 7.52. The number of rotatable bonds is 9. The maximum Gasteiger partial charge on any atom is 0.188 e. The van der Waals surface area contributed by atoms with Crippen LogP contribution in [-0.4, -0.2) is 45.2 Å². The van der Waals surface area contributed by atoms with Crippen molar-refractivity contribution in [2.75, 3.05) is 28.4 Å². The third-order valence-electron chi connectivity index (χ3n) is 6.08. The van der Waals surface area contributed by atoms with E-state index in [1.807, 2.05) is 0 Å². The molecule has 0 amide bonds. The average Bonchev–Trinajstić information content (AvgIpc) is 2.86. The van der Waals surface area contributed by atoms with E-state index in [-0.39, 0.29) is 16.9 Å². The second-order valence-corrected chi connectivity index (χ2v) is 8.56. The standard InChI is InChI=1S/C24H27O7P/c1-28-16-10-7-11-17(29-2)20(16)22(25)15-9-5-6-14-24(15,32-27)23(26)21-18(30-3)12-8-13-19(21)31-4/h7-8,10-13,15H,5-6,9,14H2,1-4H3. The Morgan fingerprint density at radius 3 is 1.72 bits per heavy atom. The van der Waals surface area contributed by atoms with Gasteiger partial charge in [0.1, 0.15) is 39.3 Å². The van der Waals surface area contributed by atoms with Crippen LogP contribution in [0.3, 0.4) is 0 Å². The zero-order valence-corrected chi connectivity index (χ0v) is 19.6. The zero-order chi connectivity index (χ0) is 23.3. The largest absolute Gasteiger partial charge is 0.496 e. The summed E-state index contributed by atoms with van der Waals surface area (Å²) in [4.78, 5) is 27.8. The molecule has 2 aromatic carbocycles. The minimum atomic E-state index is -1.46. The van der Waals surface area contributed by atoms with Crippen LogP contribution in [0.15, 0.2) is 36.4 Å². The van der Waals surface area contributed by atoms with Crippen molar-refractivity contribution in [2.24, 2.45) is 5.92 Å². The normalized spacial score (nSPS) is 20.4. The minimum Gasteiger partial charge on any atom is -0.496 e. The molecule has 1 saturated carbocycles. The van der Waals surface area contributed by atoms with Gasteiger partial charge in [0.25, 0.3) is 0 Å². The lowest BCUT2D eigenvalue weighted by atomic mass is 9.71. The summed E-state index contributed by atoms with van der Waals surface area (Å²) < 4.78 is 34.4. The fourth-order valence-corrected chi connectivity index (χ4v) is 5.30. The minimum absolute atomic E-state index is 0.188. The number of benzene rings is 2. The van der Waals surface area contributed by atoms with Gasteiger partial charge in [-0.25, -0.2) is 0 Å². The van der Waals surface area contributed by atoms with Crippen LogP contribution in [-0.2, 0) is 4.57 Å². The van der Waals surface area contributed by atoms with Crippen LogP contribution in [0.5, 0.6) is 23.0 Å². The van der Waals surface area contributed by atoms with Crippen molar-refractivity contribution in [3.8, 4) is 23.0 Å². The van der Waals surface area contributed by atoms with Crippen LogP contribution < -0.4 is 18.9 Å². The smallest absolute Gasteiger partial charge is 0.188 e. The van der Waals surface area contributed by atoms with Gasteiger partial charge in [0.2, 0.25) is 0 Å². The summed E-state index contributed by atoms with van der Waals surface area (Å²) in [6.45, 7) is 0. The number of carbonyl (C=O) groups excluding carboxylic acids is 2. The van der Waals surface area contributed by atoms with Crippen LogP contribution >= 0.6 is 8.46 Å². The number of hydrogen-bond donors (Lipinski definition) is 0. The number of methoxy groups -OCH3 is 4. The maximum atomic E-state index is 14.0. The highest BCUT2D eigenvalue weighted by molar-refractivity contribution is 7.28. The monoisotopic (exact) mass is 458 g/mol. The Bertz CT molecular complexity index is 975. The summed E-state index contributed by atoms with van der Waals surface area (Å²) in [6, 6.07) is 10.1. The molecule has 0 heterocycles. The van der Waals surface area contributed by atoms with Gasteiger partial charge in [-0.15, -0.1) is 0 Å². The van der Waals surface area contributed by atoms with Gasteiger partial charge in [-0.05, 0) is 37.1 Å². The van der Waals surface area contributed by atoms with E-state index in [9.17, 15) is 14.2 Å². The molecule has 7 nitrogen and oxygen atoms in total. The summed E-state index contributed by atoms with van der Waals surface area (Å²) >= 11 is 0. The van der Waals surface area contributed by atoms with Gasteiger partial charge in [0.15, 0.2) is 20.0 Å². The van der Waals surface area contributed by atoms with Gasteiger partial charge in [-0.1, -0.05) is 25.0 Å². The molecular weight excluding hydrogens is 431 g/mol. The Hall–Kier alpha value is -2.92. The van der Waals surface area contributed by atoms with Crippen LogP contribution in [0.1, 0.15) is 46.4 Å². The van der Waals surface area contributed by atoms with Gasteiger partial charge in [0, 0.05) is 5.92 Å². The van der Waals surface area contributed by atoms with Crippen LogP contribution in [0.25, 0.3) is 0 Å². The molecule has 1 fully saturated rings. The first kappa shape index (κ1) is 23.7. The van der Waals surface area contributed by atoms with E-state index in [1.54, 1.807) is 36.4 Å². The predicted molar refractivity (Wildman–Crippen MR) is 120 cm³/mol. The molecule has 0 N–H and O–H groups in total. The van der Waals surface area contributed by atoms with Crippen molar-refractivity contribution in [3.05, 3.63) is 47.5 Å². The topological polar surface area (TPSA) is 88.1 Å². The summed E-state index contributed by atoms with van der Waals surface area (Å²) in [7, 11) is 5.43. The van der Waals surface area contributed by atoms with E-state index in [0.29, 0.717) is 42.3 Å². The van der Waals surface area contributed by atoms with Gasteiger partial charge in [-0.2, -0.15) is 0 Å². The quantitative estimate of drug-likeness (QED) is 0.386. The molecule has 0 aliphatic heterocycles. The lowest BCUT2D eigenvalue weighted by Gasteiger charge is -2.37. The third kappa shape index (κ3) is 3.97. The SMILES string of the molecule is COc1cccc(OC)c1C(=O)C1CCCCC1(P=O)C(=O)c1c(OC)cccc1OC. The first-order valence-electron chi connectivity index (χ1n) is 10.3. The number of ketones is 2. The number of carbonyl (C=O) groups is 2. The molecular formula is C24H27O7P. The molecule has 0 radical (unpaired) electrons. The number of hydrogen-bond acceptors (Lipinski definition) is 7. The van der Waals surface area contributed by atoms with Gasteiger partial charge in [0.05, 0.1) is 28.4 Å². The third-order valence-corrected chi connectivity index (χ3v) is 7.14. The van der Waals surface area contributed by atoms with E-state index >= 15 is 0 Å². The van der Waals surface area contributed by atoms with Crippen molar-refractivity contribution in [1.29, 1.82) is 0 Å². The van der Waals surface area contributed by atoms with E-state index in [2.05, 4.69) is 0 Å². The van der Waals surface area contributed by atoms with Crippen LogP contribution in [0.2, 0.25) is 0 Å². The molecule has 32 heavy (non-hydrogen) atoms. The molecule has 2 aromatic rings.